The number of carbonyl (C=O) groups is 3. The summed E-state index contributed by atoms with van der Waals surface area (Å²) in [6, 6.07) is 36.7. The van der Waals surface area contributed by atoms with E-state index in [0.29, 0.717) is 21.7 Å². The molecule has 0 fully saturated rings. The van der Waals surface area contributed by atoms with E-state index in [2.05, 4.69) is 116 Å². The summed E-state index contributed by atoms with van der Waals surface area (Å²) in [4.78, 5) is 35.6. The number of hydrogen-bond donors (Lipinski definition) is 4. The van der Waals surface area contributed by atoms with Crippen LogP contribution in [-0.4, -0.2) is 38.9 Å². The van der Waals surface area contributed by atoms with Crippen molar-refractivity contribution >= 4 is 93.8 Å². The molecule has 0 aliphatic rings. The number of nitrogens with two attached hydrogens (primary N) is 1. The second-order valence-electron chi connectivity index (χ2n) is 15.1. The van der Waals surface area contributed by atoms with E-state index in [1.165, 1.54) is 0 Å². The van der Waals surface area contributed by atoms with Gasteiger partial charge in [-0.05, 0) is 109 Å². The van der Waals surface area contributed by atoms with Crippen LogP contribution < -0.4 is 21.7 Å². The molecular weight excluding hydrogens is 938 g/mol. The Morgan fingerprint density at radius 2 is 1.09 bits per heavy atom. The van der Waals surface area contributed by atoms with Crippen molar-refractivity contribution in [3.63, 3.8) is 0 Å². The van der Waals surface area contributed by atoms with E-state index in [4.69, 9.17) is 17.3 Å². The Hall–Kier alpha value is -4.56. The van der Waals surface area contributed by atoms with Crippen LogP contribution in [0.1, 0.15) is 78.8 Å². The highest BCUT2D eigenvalue weighted by atomic mass is 79.9. The first-order chi connectivity index (χ1) is 26.8. The van der Waals surface area contributed by atoms with E-state index < -0.39 is 5.91 Å². The fraction of sp³-hybridized carbons (Fsp3) is 0.233. The number of nitrogens with one attached hydrogen (secondary N) is 3. The van der Waals surface area contributed by atoms with Gasteiger partial charge in [0.05, 0.1) is 5.52 Å². The van der Waals surface area contributed by atoms with Crippen LogP contribution in [0.4, 0.5) is 5.69 Å². The van der Waals surface area contributed by atoms with Gasteiger partial charge >= 0.3 is 0 Å². The standard InChI is InChI=1S/C18H20BrClN2O.C18H19BrN4O.C7H6BrNO/c1-18(2,3)17(21-15-10-8-14(20)9-11-15)22-16(23)12-4-6-13(19)7-5-12;1-18(2,3)17(20-16(24)12-8-10-13(19)11-9-12)23-15-7-5-4-6-14(15)21-22-23;8-6-3-1-5(2-4-6)7(9)10/h4-11,17,21H,1-3H3,(H,22,23);4-11,17H,1-3H3,(H,20,24);1-4H,(H2,9,10). The van der Waals surface area contributed by atoms with Crippen molar-refractivity contribution in [1.82, 2.24) is 25.6 Å². The van der Waals surface area contributed by atoms with Gasteiger partial charge in [-0.3, -0.25) is 14.4 Å². The van der Waals surface area contributed by atoms with Crippen molar-refractivity contribution in [3.8, 4) is 0 Å². The lowest BCUT2D eigenvalue weighted by Crippen LogP contribution is -2.48. The summed E-state index contributed by atoms with van der Waals surface area (Å²) in [5.74, 6) is -0.645. The van der Waals surface area contributed by atoms with Gasteiger partial charge in [0.15, 0.2) is 0 Å². The molecule has 0 saturated carbocycles. The highest BCUT2D eigenvalue weighted by Gasteiger charge is 2.31. The summed E-state index contributed by atoms with van der Waals surface area (Å²) in [6.45, 7) is 12.4. The molecule has 10 nitrogen and oxygen atoms in total. The highest BCUT2D eigenvalue weighted by molar-refractivity contribution is 9.11. The lowest BCUT2D eigenvalue weighted by molar-refractivity contribution is 0.0842. The van der Waals surface area contributed by atoms with Crippen LogP contribution >= 0.6 is 59.4 Å². The number of aromatic nitrogens is 3. The molecule has 0 bridgehead atoms. The van der Waals surface area contributed by atoms with Crippen LogP contribution in [0.3, 0.4) is 0 Å². The van der Waals surface area contributed by atoms with E-state index in [1.54, 1.807) is 53.2 Å². The van der Waals surface area contributed by atoms with E-state index >= 15 is 0 Å². The third kappa shape index (κ3) is 13.8. The van der Waals surface area contributed by atoms with Crippen LogP contribution in [-0.2, 0) is 0 Å². The molecule has 1 heterocycles. The van der Waals surface area contributed by atoms with Gasteiger partial charge in [0.1, 0.15) is 17.8 Å². The Morgan fingerprint density at radius 1 is 0.632 bits per heavy atom. The summed E-state index contributed by atoms with van der Waals surface area (Å²) < 4.78 is 4.61. The van der Waals surface area contributed by atoms with E-state index in [9.17, 15) is 14.4 Å². The number of nitrogens with zero attached hydrogens (tertiary/aromatic N) is 3. The number of primary amides is 1. The molecule has 57 heavy (non-hydrogen) atoms. The Kier molecular flexibility index (Phi) is 16.0. The molecule has 3 amide bonds. The summed E-state index contributed by atoms with van der Waals surface area (Å²) in [5, 5.41) is 18.7. The number of fused-ring (bicyclic) bond motifs is 1. The minimum atomic E-state index is -0.396. The lowest BCUT2D eigenvalue weighted by atomic mass is 9.91. The SMILES string of the molecule is CC(C)(C)C(NC(=O)c1ccc(Br)cc1)Nc1ccc(Cl)cc1.CC(C)(C)C(NC(=O)c1ccc(Br)cc1)n1nnc2ccccc21.NC(=O)c1ccc(Br)cc1. The molecule has 6 rings (SSSR count). The molecule has 5 N–H and O–H groups in total. The zero-order valence-electron chi connectivity index (χ0n) is 32.4. The highest BCUT2D eigenvalue weighted by Crippen LogP contribution is 2.30. The predicted octanol–water partition coefficient (Wildman–Crippen LogP) is 11.0. The van der Waals surface area contributed by atoms with Crippen molar-refractivity contribution in [1.29, 1.82) is 0 Å². The number of amides is 3. The largest absolute Gasteiger partial charge is 0.366 e. The van der Waals surface area contributed by atoms with E-state index in [1.807, 2.05) is 72.8 Å². The summed E-state index contributed by atoms with van der Waals surface area (Å²) in [6.07, 6.45) is -0.541. The van der Waals surface area contributed by atoms with Crippen molar-refractivity contribution in [2.75, 3.05) is 5.32 Å². The minimum Gasteiger partial charge on any atom is -0.366 e. The van der Waals surface area contributed by atoms with Gasteiger partial charge in [0, 0.05) is 51.6 Å². The van der Waals surface area contributed by atoms with Crippen molar-refractivity contribution in [2.45, 2.75) is 53.9 Å². The van der Waals surface area contributed by atoms with Crippen LogP contribution in [0.15, 0.2) is 135 Å². The number of hydrogen-bond acceptors (Lipinski definition) is 6. The average molecular weight is 983 g/mol. The Labute approximate surface area is 363 Å². The fourth-order valence-corrected chi connectivity index (χ4v) is 6.06. The average Bonchev–Trinajstić information content (AvgIpc) is 3.58. The van der Waals surface area contributed by atoms with Crippen LogP contribution in [0.5, 0.6) is 0 Å². The third-order valence-corrected chi connectivity index (χ3v) is 10.2. The molecule has 2 atom stereocenters. The fourth-order valence-electron chi connectivity index (χ4n) is 5.14. The number of para-hydroxylation sites is 1. The Morgan fingerprint density at radius 3 is 1.54 bits per heavy atom. The van der Waals surface area contributed by atoms with Gasteiger partial charge in [-0.15, -0.1) is 5.10 Å². The monoisotopic (exact) mass is 979 g/mol. The topological polar surface area (TPSA) is 144 Å². The van der Waals surface area contributed by atoms with Gasteiger partial charge in [-0.25, -0.2) is 4.68 Å². The maximum atomic E-state index is 12.7. The third-order valence-electron chi connectivity index (χ3n) is 8.35. The maximum absolute atomic E-state index is 12.7. The van der Waals surface area contributed by atoms with Crippen molar-refractivity contribution in [2.24, 2.45) is 16.6 Å². The maximum Gasteiger partial charge on any atom is 0.252 e. The summed E-state index contributed by atoms with van der Waals surface area (Å²) >= 11 is 15.9. The molecule has 6 aromatic rings. The predicted molar refractivity (Wildman–Crippen MR) is 240 cm³/mol. The molecule has 298 valence electrons. The zero-order chi connectivity index (χ0) is 41.9. The number of carbonyl (C=O) groups excluding carboxylic acids is 3. The van der Waals surface area contributed by atoms with Gasteiger partial charge in [0.2, 0.25) is 5.91 Å². The van der Waals surface area contributed by atoms with Gasteiger partial charge in [-0.1, -0.05) is 118 Å². The summed E-state index contributed by atoms with van der Waals surface area (Å²) in [7, 11) is 0. The molecule has 2 unspecified atom stereocenters. The lowest BCUT2D eigenvalue weighted by Gasteiger charge is -2.33. The Bertz CT molecular complexity index is 2250. The molecule has 0 saturated heterocycles. The van der Waals surface area contributed by atoms with Gasteiger partial charge in [-0.2, -0.15) is 0 Å². The first-order valence-corrected chi connectivity index (χ1v) is 20.6. The molecule has 5 aromatic carbocycles. The van der Waals surface area contributed by atoms with Crippen molar-refractivity contribution in [3.05, 3.63) is 156 Å². The number of rotatable bonds is 8. The van der Waals surface area contributed by atoms with E-state index in [-0.39, 0.29) is 35.0 Å². The molecule has 1 aromatic heterocycles. The van der Waals surface area contributed by atoms with Gasteiger partial charge in [0.25, 0.3) is 11.8 Å². The molecule has 0 aliphatic heterocycles. The molecule has 0 radical (unpaired) electrons. The summed E-state index contributed by atoms with van der Waals surface area (Å²) in [5.41, 5.74) is 8.99. The number of halogens is 4. The zero-order valence-corrected chi connectivity index (χ0v) is 37.9. The number of anilines is 1. The van der Waals surface area contributed by atoms with Crippen LogP contribution in [0.25, 0.3) is 11.0 Å². The first-order valence-electron chi connectivity index (χ1n) is 17.8. The van der Waals surface area contributed by atoms with Crippen molar-refractivity contribution < 1.29 is 14.4 Å². The van der Waals surface area contributed by atoms with Gasteiger partial charge < -0.3 is 21.7 Å². The molecule has 0 aliphatic carbocycles. The normalized spacial score (nSPS) is 12.2. The first kappa shape index (κ1) is 45.1. The van der Waals surface area contributed by atoms with Crippen LogP contribution in [0, 0.1) is 10.8 Å². The number of benzene rings is 5. The molecular formula is C43H45Br3ClN7O3. The molecule has 0 spiro atoms. The quantitative estimate of drug-likeness (QED) is 0.112. The molecule has 14 heteroatoms. The van der Waals surface area contributed by atoms with E-state index in [0.717, 1.165) is 30.1 Å². The Balaban J connectivity index is 0.000000205. The smallest absolute Gasteiger partial charge is 0.252 e. The second-order valence-corrected chi connectivity index (χ2v) is 18.3. The second kappa shape index (κ2) is 20.2. The minimum absolute atomic E-state index is 0.112. The van der Waals surface area contributed by atoms with Crippen LogP contribution in [0.2, 0.25) is 5.02 Å².